The van der Waals surface area contributed by atoms with Crippen molar-refractivity contribution in [2.24, 2.45) is 0 Å². The molecule has 0 aromatic heterocycles. The van der Waals surface area contributed by atoms with E-state index >= 15 is 0 Å². The van der Waals surface area contributed by atoms with Crippen LogP contribution in [0.4, 0.5) is 4.79 Å². The molecule has 0 aromatic rings. The van der Waals surface area contributed by atoms with Gasteiger partial charge < -0.3 is 19.7 Å². The minimum atomic E-state index is -0.276. The summed E-state index contributed by atoms with van der Waals surface area (Å²) in [7, 11) is 1.68. The predicted molar refractivity (Wildman–Crippen MR) is 50.1 cm³/mol. The van der Waals surface area contributed by atoms with Crippen LogP contribution in [0.25, 0.3) is 0 Å². The van der Waals surface area contributed by atoms with Crippen LogP contribution < -0.4 is 5.32 Å². The molecule has 2 amide bonds. The number of ether oxygens (including phenoxy) is 2. The molecular weight excluding hydrogens is 184 g/mol. The largest absolute Gasteiger partial charge is 0.378 e. The smallest absolute Gasteiger partial charge is 0.317 e. The van der Waals surface area contributed by atoms with E-state index in [0.29, 0.717) is 13.2 Å². The van der Waals surface area contributed by atoms with Gasteiger partial charge in [0.25, 0.3) is 0 Å². The summed E-state index contributed by atoms with van der Waals surface area (Å²) in [5, 5.41) is 2.78. The lowest BCUT2D eigenvalue weighted by Crippen LogP contribution is -2.46. The van der Waals surface area contributed by atoms with Crippen molar-refractivity contribution >= 4 is 6.03 Å². The third kappa shape index (κ3) is 1.69. The second-order valence-corrected chi connectivity index (χ2v) is 3.84. The highest BCUT2D eigenvalue weighted by Crippen LogP contribution is 2.24. The Bertz CT molecular complexity index is 226. The SMILES string of the molecule is COC1(CN2CCNC2=O)CCOC1. The summed E-state index contributed by atoms with van der Waals surface area (Å²) < 4.78 is 10.8. The topological polar surface area (TPSA) is 50.8 Å². The third-order valence-corrected chi connectivity index (χ3v) is 2.92. The van der Waals surface area contributed by atoms with Gasteiger partial charge in [0.1, 0.15) is 5.60 Å². The van der Waals surface area contributed by atoms with E-state index in [2.05, 4.69) is 5.32 Å². The van der Waals surface area contributed by atoms with Gasteiger partial charge >= 0.3 is 6.03 Å². The van der Waals surface area contributed by atoms with Gasteiger partial charge in [0, 0.05) is 33.2 Å². The van der Waals surface area contributed by atoms with Crippen molar-refractivity contribution in [1.82, 2.24) is 10.2 Å². The number of hydrogen-bond acceptors (Lipinski definition) is 3. The van der Waals surface area contributed by atoms with Gasteiger partial charge in [-0.05, 0) is 0 Å². The number of rotatable bonds is 3. The van der Waals surface area contributed by atoms with Gasteiger partial charge in [0.2, 0.25) is 0 Å². The van der Waals surface area contributed by atoms with E-state index in [1.54, 1.807) is 12.0 Å². The van der Waals surface area contributed by atoms with Crippen LogP contribution in [0, 0.1) is 0 Å². The zero-order valence-corrected chi connectivity index (χ0v) is 8.41. The van der Waals surface area contributed by atoms with Gasteiger partial charge in [-0.1, -0.05) is 0 Å². The average molecular weight is 200 g/mol. The first-order chi connectivity index (χ1) is 6.76. The van der Waals surface area contributed by atoms with Gasteiger partial charge in [0.05, 0.1) is 13.2 Å². The van der Waals surface area contributed by atoms with Gasteiger partial charge in [-0.25, -0.2) is 4.79 Å². The molecule has 0 spiro atoms. The van der Waals surface area contributed by atoms with E-state index in [-0.39, 0.29) is 11.6 Å². The number of nitrogens with zero attached hydrogens (tertiary/aromatic N) is 1. The zero-order chi connectivity index (χ0) is 10.0. The Hall–Kier alpha value is -0.810. The molecule has 2 saturated heterocycles. The summed E-state index contributed by atoms with van der Waals surface area (Å²) >= 11 is 0. The van der Waals surface area contributed by atoms with E-state index in [0.717, 1.165) is 26.1 Å². The Balaban J connectivity index is 1.96. The van der Waals surface area contributed by atoms with Crippen LogP contribution in [0.5, 0.6) is 0 Å². The van der Waals surface area contributed by atoms with E-state index in [9.17, 15) is 4.79 Å². The van der Waals surface area contributed by atoms with Gasteiger partial charge in [-0.15, -0.1) is 0 Å². The highest BCUT2D eigenvalue weighted by molar-refractivity contribution is 5.76. The molecule has 0 saturated carbocycles. The van der Waals surface area contributed by atoms with Crippen molar-refractivity contribution in [3.63, 3.8) is 0 Å². The molecule has 5 heteroatoms. The van der Waals surface area contributed by atoms with E-state index in [1.807, 2.05) is 0 Å². The molecule has 2 fully saturated rings. The zero-order valence-electron chi connectivity index (χ0n) is 8.41. The number of urea groups is 1. The molecule has 0 aliphatic carbocycles. The Morgan fingerprint density at radius 3 is 3.07 bits per heavy atom. The lowest BCUT2D eigenvalue weighted by Gasteiger charge is -2.30. The third-order valence-electron chi connectivity index (χ3n) is 2.92. The number of nitrogens with one attached hydrogen (secondary N) is 1. The van der Waals surface area contributed by atoms with Crippen molar-refractivity contribution in [3.8, 4) is 0 Å². The van der Waals surface area contributed by atoms with E-state index in [4.69, 9.17) is 9.47 Å². The number of carbonyl (C=O) groups is 1. The summed E-state index contributed by atoms with van der Waals surface area (Å²) in [5.74, 6) is 0. The van der Waals surface area contributed by atoms with Crippen LogP contribution in [0.3, 0.4) is 0 Å². The van der Waals surface area contributed by atoms with E-state index in [1.165, 1.54) is 0 Å². The molecule has 1 N–H and O–H groups in total. The number of hydrogen-bond donors (Lipinski definition) is 1. The predicted octanol–water partition coefficient (Wildman–Crippen LogP) is -0.183. The molecule has 80 valence electrons. The second-order valence-electron chi connectivity index (χ2n) is 3.84. The number of carbonyl (C=O) groups excluding carboxylic acids is 1. The minimum absolute atomic E-state index is 0.00771. The fraction of sp³-hybridized carbons (Fsp3) is 0.889. The molecule has 2 aliphatic rings. The van der Waals surface area contributed by atoms with Crippen molar-refractivity contribution in [2.75, 3.05) is 40.0 Å². The minimum Gasteiger partial charge on any atom is -0.378 e. The Morgan fingerprint density at radius 2 is 2.57 bits per heavy atom. The van der Waals surface area contributed by atoms with E-state index < -0.39 is 0 Å². The molecule has 5 nitrogen and oxygen atoms in total. The number of methoxy groups -OCH3 is 1. The lowest BCUT2D eigenvalue weighted by atomic mass is 10.0. The van der Waals surface area contributed by atoms with Gasteiger partial charge in [0.15, 0.2) is 0 Å². The first-order valence-electron chi connectivity index (χ1n) is 4.91. The Kier molecular flexibility index (Phi) is 2.60. The maximum absolute atomic E-state index is 11.3. The molecule has 14 heavy (non-hydrogen) atoms. The van der Waals surface area contributed by atoms with Crippen LogP contribution in [-0.2, 0) is 9.47 Å². The molecule has 0 radical (unpaired) electrons. The molecule has 1 atom stereocenters. The average Bonchev–Trinajstić information content (AvgIpc) is 2.79. The monoisotopic (exact) mass is 200 g/mol. The summed E-state index contributed by atoms with van der Waals surface area (Å²) in [6, 6.07) is 0.00771. The summed E-state index contributed by atoms with van der Waals surface area (Å²) in [5.41, 5.74) is -0.276. The van der Waals surface area contributed by atoms with Crippen molar-refractivity contribution in [1.29, 1.82) is 0 Å². The first kappa shape index (κ1) is 9.73. The van der Waals surface area contributed by atoms with Crippen LogP contribution >= 0.6 is 0 Å². The Morgan fingerprint density at radius 1 is 1.71 bits per heavy atom. The normalized spacial score (nSPS) is 32.4. The molecule has 0 aromatic carbocycles. The lowest BCUT2D eigenvalue weighted by molar-refractivity contribution is -0.0310. The Labute approximate surface area is 83.3 Å². The van der Waals surface area contributed by atoms with Crippen LogP contribution in [0.1, 0.15) is 6.42 Å². The maximum Gasteiger partial charge on any atom is 0.317 e. The van der Waals surface area contributed by atoms with Crippen LogP contribution in [0.15, 0.2) is 0 Å². The van der Waals surface area contributed by atoms with Gasteiger partial charge in [-0.3, -0.25) is 0 Å². The second kappa shape index (κ2) is 3.74. The number of amides is 2. The molecular formula is C9H16N2O3. The highest BCUT2D eigenvalue weighted by atomic mass is 16.5. The van der Waals surface area contributed by atoms with Crippen molar-refractivity contribution in [3.05, 3.63) is 0 Å². The molecule has 1 unspecified atom stereocenters. The van der Waals surface area contributed by atoms with Crippen molar-refractivity contribution in [2.45, 2.75) is 12.0 Å². The quantitative estimate of drug-likeness (QED) is 0.687. The molecule has 2 heterocycles. The summed E-state index contributed by atoms with van der Waals surface area (Å²) in [4.78, 5) is 13.1. The highest BCUT2D eigenvalue weighted by Gasteiger charge is 2.38. The van der Waals surface area contributed by atoms with Crippen LogP contribution in [-0.4, -0.2) is 56.5 Å². The molecule has 2 rings (SSSR count). The maximum atomic E-state index is 11.3. The summed E-state index contributed by atoms with van der Waals surface area (Å²) in [6.07, 6.45) is 0.868. The van der Waals surface area contributed by atoms with Gasteiger partial charge in [-0.2, -0.15) is 0 Å². The van der Waals surface area contributed by atoms with Crippen LogP contribution in [0.2, 0.25) is 0 Å². The summed E-state index contributed by atoms with van der Waals surface area (Å²) in [6.45, 7) is 3.45. The standard InChI is InChI=1S/C9H16N2O3/c1-13-9(2-5-14-7-9)6-11-4-3-10-8(11)12/h2-7H2,1H3,(H,10,12). The fourth-order valence-electron chi connectivity index (χ4n) is 1.95. The fourth-order valence-corrected chi connectivity index (χ4v) is 1.95. The molecule has 2 aliphatic heterocycles. The van der Waals surface area contributed by atoms with Crippen molar-refractivity contribution < 1.29 is 14.3 Å². The molecule has 0 bridgehead atoms. The first-order valence-corrected chi connectivity index (χ1v) is 4.91.